The second kappa shape index (κ2) is 2.87. The Kier molecular flexibility index (Phi) is 2.10. The van der Waals surface area contributed by atoms with Crippen LogP contribution in [0.5, 0.6) is 0 Å². The minimum absolute atomic E-state index is 0.428. The molecule has 0 aliphatic carbocycles. The molecule has 0 aliphatic rings. The van der Waals surface area contributed by atoms with Gasteiger partial charge in [-0.15, -0.1) is 4.99 Å². The molecule has 1 aromatic heterocycles. The van der Waals surface area contributed by atoms with Gasteiger partial charge >= 0.3 is 0 Å². The largest absolute Gasteiger partial charge is 0.242 e. The van der Waals surface area contributed by atoms with Gasteiger partial charge in [0, 0.05) is 0 Å². The van der Waals surface area contributed by atoms with E-state index < -0.39 is 0 Å². The topological polar surface area (TPSA) is 42.3 Å². The maximum Gasteiger partial charge on any atom is 0.242 e. The quantitative estimate of drug-likeness (QED) is 0.518. The third-order valence-electron chi connectivity index (χ3n) is 0.607. The summed E-state index contributed by atoms with van der Waals surface area (Å²) in [5, 5.41) is 0.428. The Morgan fingerprint density at radius 3 is 3.11 bits per heavy atom. The number of halogens is 1. The van der Waals surface area contributed by atoms with Crippen LogP contribution >= 0.6 is 27.3 Å². The van der Waals surface area contributed by atoms with Crippen molar-refractivity contribution in [2.45, 2.75) is 0 Å². The molecule has 0 saturated carbocycles. The molecule has 0 unspecified atom stereocenters. The summed E-state index contributed by atoms with van der Waals surface area (Å²) < 4.78 is 0.858. The number of hydrogen-bond donors (Lipinski definition) is 0. The van der Waals surface area contributed by atoms with Gasteiger partial charge in [-0.25, -0.2) is 9.78 Å². The van der Waals surface area contributed by atoms with Crippen molar-refractivity contribution >= 4 is 38.5 Å². The minimum Gasteiger partial charge on any atom is -0.225 e. The molecule has 3 nitrogen and oxygen atoms in total. The van der Waals surface area contributed by atoms with Crippen molar-refractivity contribution in [2.75, 3.05) is 0 Å². The number of carbonyl (C=O) groups excluding carboxylic acids is 1. The number of isocyanates is 1. The van der Waals surface area contributed by atoms with E-state index in [1.807, 2.05) is 0 Å². The molecule has 0 atom stereocenters. The average molecular weight is 205 g/mol. The monoisotopic (exact) mass is 204 g/mol. The summed E-state index contributed by atoms with van der Waals surface area (Å²) >= 11 is 4.46. The fourth-order valence-corrected chi connectivity index (χ4v) is 1.34. The van der Waals surface area contributed by atoms with Gasteiger partial charge in [0.05, 0.1) is 9.98 Å². The lowest BCUT2D eigenvalue weighted by atomic mass is 11.0. The van der Waals surface area contributed by atoms with E-state index in [-0.39, 0.29) is 0 Å². The molecule has 46 valence electrons. The molecule has 1 rings (SSSR count). The highest BCUT2D eigenvalue weighted by Crippen LogP contribution is 2.24. The molecule has 9 heavy (non-hydrogen) atoms. The Hall–Kier alpha value is -0.510. The van der Waals surface area contributed by atoms with Crippen molar-refractivity contribution in [3.63, 3.8) is 0 Å². The number of aromatic nitrogens is 1. The highest BCUT2D eigenvalue weighted by Gasteiger charge is 1.93. The first-order valence-corrected chi connectivity index (χ1v) is 3.63. The first-order valence-electron chi connectivity index (χ1n) is 2.02. The smallest absolute Gasteiger partial charge is 0.225 e. The van der Waals surface area contributed by atoms with Crippen LogP contribution in [0.1, 0.15) is 0 Å². The molecule has 0 amide bonds. The lowest BCUT2D eigenvalue weighted by Gasteiger charge is -1.69. The number of thiazole rings is 1. The van der Waals surface area contributed by atoms with Gasteiger partial charge < -0.3 is 0 Å². The maximum absolute atomic E-state index is 9.64. The zero-order valence-corrected chi connectivity index (χ0v) is 6.57. The van der Waals surface area contributed by atoms with Crippen molar-refractivity contribution in [2.24, 2.45) is 4.99 Å². The molecule has 0 aliphatic heterocycles. The minimum atomic E-state index is 0.428. The summed E-state index contributed by atoms with van der Waals surface area (Å²) in [5.41, 5.74) is 0. The van der Waals surface area contributed by atoms with Crippen LogP contribution in [-0.2, 0) is 4.79 Å². The zero-order chi connectivity index (χ0) is 6.69. The molecule has 0 N–H and O–H groups in total. The fraction of sp³-hybridized carbons (Fsp3) is 0. The van der Waals surface area contributed by atoms with E-state index in [9.17, 15) is 4.79 Å². The first-order chi connectivity index (χ1) is 4.33. The zero-order valence-electron chi connectivity index (χ0n) is 4.17. The normalized spacial score (nSPS) is 8.56. The summed E-state index contributed by atoms with van der Waals surface area (Å²) in [6.45, 7) is 0. The Morgan fingerprint density at radius 2 is 2.67 bits per heavy atom. The van der Waals surface area contributed by atoms with Gasteiger partial charge in [-0.3, -0.25) is 0 Å². The summed E-state index contributed by atoms with van der Waals surface area (Å²) in [4.78, 5) is 16.7. The van der Waals surface area contributed by atoms with Crippen LogP contribution in [0.4, 0.5) is 5.13 Å². The molecule has 0 radical (unpaired) electrons. The number of nitrogens with zero attached hydrogens (tertiary/aromatic N) is 2. The van der Waals surface area contributed by atoms with E-state index in [0.29, 0.717) is 5.13 Å². The van der Waals surface area contributed by atoms with Gasteiger partial charge in [0.1, 0.15) is 0 Å². The van der Waals surface area contributed by atoms with Crippen molar-refractivity contribution in [3.05, 3.63) is 9.98 Å². The van der Waals surface area contributed by atoms with Crippen LogP contribution in [0.2, 0.25) is 0 Å². The standard InChI is InChI=1S/C4HBrN2OS/c5-3-1-6-4(9-3)7-2-8/h1H. The molecule has 5 heteroatoms. The third kappa shape index (κ3) is 1.71. The fourth-order valence-electron chi connectivity index (χ4n) is 0.337. The van der Waals surface area contributed by atoms with E-state index in [4.69, 9.17) is 0 Å². The molecule has 0 spiro atoms. The van der Waals surface area contributed by atoms with Crippen molar-refractivity contribution in [1.82, 2.24) is 4.98 Å². The Morgan fingerprint density at radius 1 is 1.89 bits per heavy atom. The lowest BCUT2D eigenvalue weighted by molar-refractivity contribution is 0.565. The molecule has 0 bridgehead atoms. The van der Waals surface area contributed by atoms with Crippen LogP contribution in [0.15, 0.2) is 15.0 Å². The van der Waals surface area contributed by atoms with E-state index in [1.165, 1.54) is 17.4 Å². The molecular weight excluding hydrogens is 204 g/mol. The number of aliphatic imine (C=N–C) groups is 1. The summed E-state index contributed by atoms with van der Waals surface area (Å²) in [5.74, 6) is 0. The van der Waals surface area contributed by atoms with Crippen molar-refractivity contribution in [3.8, 4) is 0 Å². The maximum atomic E-state index is 9.64. The predicted octanol–water partition coefficient (Wildman–Crippen LogP) is 1.87. The van der Waals surface area contributed by atoms with E-state index >= 15 is 0 Å². The van der Waals surface area contributed by atoms with Crippen LogP contribution in [-0.4, -0.2) is 11.1 Å². The van der Waals surface area contributed by atoms with Crippen molar-refractivity contribution in [1.29, 1.82) is 0 Å². The van der Waals surface area contributed by atoms with Crippen LogP contribution < -0.4 is 0 Å². The highest BCUT2D eigenvalue weighted by atomic mass is 79.9. The Bertz CT molecular complexity index is 253. The van der Waals surface area contributed by atoms with Gasteiger partial charge in [-0.2, -0.15) is 0 Å². The molecule has 0 aromatic carbocycles. The van der Waals surface area contributed by atoms with E-state index in [2.05, 4.69) is 25.9 Å². The SMILES string of the molecule is O=C=Nc1ncc(Br)s1. The molecule has 1 heterocycles. The number of rotatable bonds is 1. The van der Waals surface area contributed by atoms with E-state index in [0.717, 1.165) is 3.79 Å². The van der Waals surface area contributed by atoms with E-state index in [1.54, 1.807) is 6.20 Å². The molecule has 0 fully saturated rings. The Labute approximate surface area is 63.6 Å². The highest BCUT2D eigenvalue weighted by molar-refractivity contribution is 9.11. The van der Waals surface area contributed by atoms with Crippen LogP contribution in [0.3, 0.4) is 0 Å². The predicted molar refractivity (Wildman–Crippen MR) is 37.6 cm³/mol. The summed E-state index contributed by atoms with van der Waals surface area (Å²) in [6.07, 6.45) is 2.98. The second-order valence-electron chi connectivity index (χ2n) is 1.15. The van der Waals surface area contributed by atoms with Gasteiger partial charge in [-0.05, 0) is 15.9 Å². The van der Waals surface area contributed by atoms with Crippen LogP contribution in [0.25, 0.3) is 0 Å². The van der Waals surface area contributed by atoms with Crippen LogP contribution in [0, 0.1) is 0 Å². The second-order valence-corrected chi connectivity index (χ2v) is 3.54. The van der Waals surface area contributed by atoms with Gasteiger partial charge in [0.2, 0.25) is 11.2 Å². The van der Waals surface area contributed by atoms with Crippen molar-refractivity contribution < 1.29 is 4.79 Å². The summed E-state index contributed by atoms with van der Waals surface area (Å²) in [6, 6.07) is 0. The van der Waals surface area contributed by atoms with Gasteiger partial charge in [-0.1, -0.05) is 11.3 Å². The summed E-state index contributed by atoms with van der Waals surface area (Å²) in [7, 11) is 0. The first kappa shape index (κ1) is 6.61. The lowest BCUT2D eigenvalue weighted by Crippen LogP contribution is -1.53. The molecule has 0 saturated heterocycles. The van der Waals surface area contributed by atoms with Gasteiger partial charge in [0.15, 0.2) is 0 Å². The molecule has 1 aromatic rings. The third-order valence-corrected chi connectivity index (χ3v) is 1.98. The average Bonchev–Trinajstić information content (AvgIpc) is 2.17. The van der Waals surface area contributed by atoms with Gasteiger partial charge in [0.25, 0.3) is 0 Å². The number of hydrogen-bond acceptors (Lipinski definition) is 4. The molecular formula is C4HBrN2OS. The Balaban J connectivity index is 2.97.